The number of benzene rings is 2. The predicted molar refractivity (Wildman–Crippen MR) is 78.5 cm³/mol. The van der Waals surface area contributed by atoms with E-state index in [1.807, 2.05) is 18.2 Å². The fourth-order valence-corrected chi connectivity index (χ4v) is 2.73. The quantitative estimate of drug-likeness (QED) is 0.939. The first-order valence-electron chi connectivity index (χ1n) is 6.97. The van der Waals surface area contributed by atoms with Crippen molar-refractivity contribution in [2.45, 2.75) is 25.2 Å². The van der Waals surface area contributed by atoms with Gasteiger partial charge in [-0.1, -0.05) is 18.2 Å². The highest BCUT2D eigenvalue weighted by atomic mass is 19.1. The Hall–Kier alpha value is -1.91. The van der Waals surface area contributed by atoms with Crippen molar-refractivity contribution >= 4 is 0 Å². The monoisotopic (exact) mass is 287 g/mol. The van der Waals surface area contributed by atoms with E-state index in [1.165, 1.54) is 12.1 Å². The summed E-state index contributed by atoms with van der Waals surface area (Å²) in [5.41, 5.74) is 9.06. The van der Waals surface area contributed by atoms with E-state index in [4.69, 9.17) is 15.2 Å². The van der Waals surface area contributed by atoms with Gasteiger partial charge in [0.1, 0.15) is 17.7 Å². The molecule has 0 amide bonds. The van der Waals surface area contributed by atoms with Gasteiger partial charge in [0.05, 0.1) is 6.61 Å². The van der Waals surface area contributed by atoms with Gasteiger partial charge in [-0.3, -0.25) is 0 Å². The summed E-state index contributed by atoms with van der Waals surface area (Å²) in [7, 11) is 1.67. The normalized spacial score (nSPS) is 20.7. The van der Waals surface area contributed by atoms with Crippen LogP contribution < -0.4 is 10.5 Å². The zero-order valence-electron chi connectivity index (χ0n) is 11.9. The minimum atomic E-state index is -0.284. The first-order valence-corrected chi connectivity index (χ1v) is 6.97. The van der Waals surface area contributed by atoms with Gasteiger partial charge in [0.2, 0.25) is 0 Å². The number of hydrogen-bond donors (Lipinski definition) is 1. The Bertz CT molecular complexity index is 644. The molecule has 21 heavy (non-hydrogen) atoms. The highest BCUT2D eigenvalue weighted by Crippen LogP contribution is 2.39. The molecule has 0 aliphatic carbocycles. The number of hydrogen-bond acceptors (Lipinski definition) is 3. The maximum absolute atomic E-state index is 13.3. The third kappa shape index (κ3) is 2.91. The Labute approximate surface area is 123 Å². The molecule has 2 N–H and O–H groups in total. The molecule has 2 atom stereocenters. The molecule has 0 saturated heterocycles. The second-order valence-electron chi connectivity index (χ2n) is 5.31. The highest BCUT2D eigenvalue weighted by Gasteiger charge is 2.27. The maximum Gasteiger partial charge on any atom is 0.126 e. The average molecular weight is 287 g/mol. The van der Waals surface area contributed by atoms with Gasteiger partial charge < -0.3 is 15.2 Å². The lowest BCUT2D eigenvalue weighted by atomic mass is 9.93. The summed E-state index contributed by atoms with van der Waals surface area (Å²) in [5, 5.41) is 0. The first kappa shape index (κ1) is 14.0. The molecule has 3 nitrogen and oxygen atoms in total. The van der Waals surface area contributed by atoms with E-state index >= 15 is 0 Å². The molecule has 1 unspecified atom stereocenters. The van der Waals surface area contributed by atoms with E-state index < -0.39 is 0 Å². The fraction of sp³-hybridized carbons (Fsp3) is 0.294. The molecular weight excluding hydrogens is 269 g/mol. The van der Waals surface area contributed by atoms with E-state index in [0.717, 1.165) is 16.7 Å². The summed E-state index contributed by atoms with van der Waals surface area (Å²) in [6, 6.07) is 12.4. The Morgan fingerprint density at radius 2 is 2.14 bits per heavy atom. The molecule has 0 bridgehead atoms. The second-order valence-corrected chi connectivity index (χ2v) is 5.31. The molecule has 1 aliphatic heterocycles. The number of methoxy groups -OCH3 is 1. The van der Waals surface area contributed by atoms with E-state index in [0.29, 0.717) is 18.8 Å². The molecule has 1 heterocycles. The summed E-state index contributed by atoms with van der Waals surface area (Å²) in [6.07, 6.45) is 0.516. The predicted octanol–water partition coefficient (Wildman–Crippen LogP) is 3.50. The standard InChI is InChI=1S/C17H18FNO2/c1-20-10-11-3-2-4-12(7-11)17-9-15(19)14-8-13(18)5-6-16(14)21-17/h2-8,15,17H,9-10,19H2,1H3/t15-,17?/m1/s1. The summed E-state index contributed by atoms with van der Waals surface area (Å²) < 4.78 is 24.4. The summed E-state index contributed by atoms with van der Waals surface area (Å²) in [5.74, 6) is 0.380. The van der Waals surface area contributed by atoms with Gasteiger partial charge in [0.15, 0.2) is 0 Å². The molecule has 4 heteroatoms. The molecular formula is C17H18FNO2. The van der Waals surface area contributed by atoms with Crippen molar-refractivity contribution in [1.29, 1.82) is 0 Å². The minimum Gasteiger partial charge on any atom is -0.485 e. The molecule has 110 valence electrons. The molecule has 0 saturated carbocycles. The van der Waals surface area contributed by atoms with Crippen LogP contribution in [0.3, 0.4) is 0 Å². The van der Waals surface area contributed by atoms with Gasteiger partial charge in [-0.05, 0) is 35.4 Å². The van der Waals surface area contributed by atoms with E-state index in [1.54, 1.807) is 13.2 Å². The maximum atomic E-state index is 13.3. The van der Waals surface area contributed by atoms with Crippen LogP contribution in [-0.2, 0) is 11.3 Å². The number of ether oxygens (including phenoxy) is 2. The summed E-state index contributed by atoms with van der Waals surface area (Å²) in [6.45, 7) is 0.564. The average Bonchev–Trinajstić information content (AvgIpc) is 2.48. The zero-order valence-corrected chi connectivity index (χ0v) is 11.9. The first-order chi connectivity index (χ1) is 10.2. The van der Waals surface area contributed by atoms with Crippen LogP contribution in [-0.4, -0.2) is 7.11 Å². The van der Waals surface area contributed by atoms with Crippen molar-refractivity contribution in [3.8, 4) is 5.75 Å². The molecule has 0 aromatic heterocycles. The minimum absolute atomic E-state index is 0.116. The van der Waals surface area contributed by atoms with Gasteiger partial charge in [-0.2, -0.15) is 0 Å². The Kier molecular flexibility index (Phi) is 3.90. The van der Waals surface area contributed by atoms with Gasteiger partial charge in [0, 0.05) is 25.1 Å². The SMILES string of the molecule is COCc1cccc(C2C[C@@H](N)c3cc(F)ccc3O2)c1. The van der Waals surface area contributed by atoms with Gasteiger partial charge in [-0.25, -0.2) is 4.39 Å². The molecule has 3 rings (SSSR count). The van der Waals surface area contributed by atoms with Crippen molar-refractivity contribution < 1.29 is 13.9 Å². The topological polar surface area (TPSA) is 44.5 Å². The number of halogens is 1. The second kappa shape index (κ2) is 5.84. The number of fused-ring (bicyclic) bond motifs is 1. The Morgan fingerprint density at radius 1 is 1.29 bits per heavy atom. The van der Waals surface area contributed by atoms with Crippen molar-refractivity contribution in [3.05, 3.63) is 65.0 Å². The van der Waals surface area contributed by atoms with Crippen LogP contribution in [0.1, 0.15) is 35.3 Å². The number of rotatable bonds is 3. The van der Waals surface area contributed by atoms with Crippen LogP contribution >= 0.6 is 0 Å². The van der Waals surface area contributed by atoms with E-state index in [9.17, 15) is 4.39 Å². The molecule has 0 fully saturated rings. The molecule has 0 spiro atoms. The lowest BCUT2D eigenvalue weighted by molar-refractivity contribution is 0.160. The largest absolute Gasteiger partial charge is 0.485 e. The van der Waals surface area contributed by atoms with E-state index in [2.05, 4.69) is 6.07 Å². The van der Waals surface area contributed by atoms with Crippen LogP contribution in [0, 0.1) is 5.82 Å². The van der Waals surface area contributed by atoms with Crippen LogP contribution in [0.25, 0.3) is 0 Å². The Morgan fingerprint density at radius 3 is 2.95 bits per heavy atom. The highest BCUT2D eigenvalue weighted by molar-refractivity contribution is 5.40. The summed E-state index contributed by atoms with van der Waals surface area (Å²) >= 11 is 0. The third-order valence-electron chi connectivity index (χ3n) is 3.74. The van der Waals surface area contributed by atoms with Crippen molar-refractivity contribution in [2.24, 2.45) is 5.73 Å². The lowest BCUT2D eigenvalue weighted by Gasteiger charge is -2.30. The van der Waals surface area contributed by atoms with E-state index in [-0.39, 0.29) is 18.0 Å². The molecule has 2 aromatic rings. The van der Waals surface area contributed by atoms with Crippen molar-refractivity contribution in [3.63, 3.8) is 0 Å². The molecule has 0 radical (unpaired) electrons. The van der Waals surface area contributed by atoms with Crippen molar-refractivity contribution in [1.82, 2.24) is 0 Å². The molecule has 2 aromatic carbocycles. The molecule has 1 aliphatic rings. The van der Waals surface area contributed by atoms with Gasteiger partial charge >= 0.3 is 0 Å². The van der Waals surface area contributed by atoms with Crippen molar-refractivity contribution in [2.75, 3.05) is 7.11 Å². The lowest BCUT2D eigenvalue weighted by Crippen LogP contribution is -2.24. The third-order valence-corrected chi connectivity index (χ3v) is 3.74. The fourth-order valence-electron chi connectivity index (χ4n) is 2.73. The van der Waals surface area contributed by atoms with Crippen LogP contribution in [0.15, 0.2) is 42.5 Å². The van der Waals surface area contributed by atoms with Crippen LogP contribution in [0.4, 0.5) is 4.39 Å². The number of nitrogens with two attached hydrogens (primary N) is 1. The zero-order chi connectivity index (χ0) is 14.8. The van der Waals surface area contributed by atoms with Gasteiger partial charge in [-0.15, -0.1) is 0 Å². The van der Waals surface area contributed by atoms with Crippen LogP contribution in [0.2, 0.25) is 0 Å². The van der Waals surface area contributed by atoms with Crippen LogP contribution in [0.5, 0.6) is 5.75 Å². The Balaban J connectivity index is 1.88. The van der Waals surface area contributed by atoms with Gasteiger partial charge in [0.25, 0.3) is 0 Å². The smallest absolute Gasteiger partial charge is 0.126 e. The summed E-state index contributed by atoms with van der Waals surface area (Å²) in [4.78, 5) is 0.